The number of nitrogens with zero attached hydrogens (tertiary/aromatic N) is 1. The molecule has 0 aromatic heterocycles. The summed E-state index contributed by atoms with van der Waals surface area (Å²) in [6, 6.07) is 58.1. The van der Waals surface area contributed by atoms with Crippen molar-refractivity contribution in [2.24, 2.45) is 5.92 Å². The first-order valence-corrected chi connectivity index (χ1v) is 20.3. The normalized spacial score (nSPS) is 18.6. The van der Waals surface area contributed by atoms with Crippen LogP contribution in [0, 0.1) is 5.92 Å². The van der Waals surface area contributed by atoms with Crippen LogP contribution in [0.15, 0.2) is 170 Å². The molecular weight excluding hydrogens is 675 g/mol. The van der Waals surface area contributed by atoms with Crippen molar-refractivity contribution in [1.82, 2.24) is 0 Å². The monoisotopic (exact) mass is 717 g/mol. The van der Waals surface area contributed by atoms with Gasteiger partial charge in [-0.2, -0.15) is 0 Å². The number of hydrogen-bond donors (Lipinski definition) is 0. The SMILES string of the molecule is CC1(C)c2ccccc2-c2ccc(N(c3ccc4c(c3)C(C)(C)C3CC=CC=C43)c3cccc4c3-c3ccccc3C43c4ccccc4-c4ccccc43)cc21. The first-order valence-electron chi connectivity index (χ1n) is 20.3. The summed E-state index contributed by atoms with van der Waals surface area (Å²) in [4.78, 5) is 2.59. The Kier molecular flexibility index (Phi) is 6.30. The summed E-state index contributed by atoms with van der Waals surface area (Å²) in [5.41, 5.74) is 23.7. The molecule has 0 saturated carbocycles. The highest BCUT2D eigenvalue weighted by Crippen LogP contribution is 2.65. The fourth-order valence-corrected chi connectivity index (χ4v) is 11.8. The Hall–Kier alpha value is -6.18. The third-order valence-corrected chi connectivity index (χ3v) is 14.4. The maximum Gasteiger partial charge on any atom is 0.0726 e. The van der Waals surface area contributed by atoms with Gasteiger partial charge in [0, 0.05) is 22.4 Å². The van der Waals surface area contributed by atoms with E-state index < -0.39 is 5.41 Å². The van der Waals surface area contributed by atoms with Crippen molar-refractivity contribution >= 4 is 22.6 Å². The van der Waals surface area contributed by atoms with E-state index in [0.29, 0.717) is 5.92 Å². The van der Waals surface area contributed by atoms with E-state index in [1.165, 1.54) is 101 Å². The van der Waals surface area contributed by atoms with Crippen LogP contribution in [-0.2, 0) is 16.2 Å². The molecule has 0 amide bonds. The van der Waals surface area contributed by atoms with Gasteiger partial charge in [0.25, 0.3) is 0 Å². The van der Waals surface area contributed by atoms with Crippen molar-refractivity contribution in [3.63, 3.8) is 0 Å². The van der Waals surface area contributed by atoms with E-state index in [1.807, 2.05) is 0 Å². The van der Waals surface area contributed by atoms with Crippen molar-refractivity contribution in [3.8, 4) is 33.4 Å². The topological polar surface area (TPSA) is 3.24 Å². The summed E-state index contributed by atoms with van der Waals surface area (Å²) in [6.45, 7) is 9.69. The lowest BCUT2D eigenvalue weighted by Crippen LogP contribution is -2.26. The summed E-state index contributed by atoms with van der Waals surface area (Å²) in [5.74, 6) is 0.487. The molecule has 0 saturated heterocycles. The quantitative estimate of drug-likeness (QED) is 0.176. The summed E-state index contributed by atoms with van der Waals surface area (Å²) < 4.78 is 0. The predicted octanol–water partition coefficient (Wildman–Crippen LogP) is 14.1. The van der Waals surface area contributed by atoms with Crippen molar-refractivity contribution in [2.75, 3.05) is 4.90 Å². The molecule has 5 aliphatic rings. The molecule has 1 unspecified atom stereocenters. The van der Waals surface area contributed by atoms with E-state index in [1.54, 1.807) is 0 Å². The third kappa shape index (κ3) is 3.86. The zero-order valence-electron chi connectivity index (χ0n) is 32.4. The average molecular weight is 718 g/mol. The first-order chi connectivity index (χ1) is 27.3. The maximum absolute atomic E-state index is 2.59. The van der Waals surface area contributed by atoms with Gasteiger partial charge in [0.1, 0.15) is 0 Å². The molecule has 56 heavy (non-hydrogen) atoms. The number of fused-ring (bicyclic) bond motifs is 16. The molecule has 5 aliphatic carbocycles. The smallest absolute Gasteiger partial charge is 0.0726 e. The van der Waals surface area contributed by atoms with Crippen LogP contribution in [0.1, 0.15) is 78.6 Å². The molecular formula is C55H43N. The second-order valence-corrected chi connectivity index (χ2v) is 17.6. The van der Waals surface area contributed by atoms with Crippen molar-refractivity contribution in [3.05, 3.63) is 214 Å². The number of allylic oxidation sites excluding steroid dienone is 4. The van der Waals surface area contributed by atoms with Crippen LogP contribution in [0.25, 0.3) is 39.0 Å². The molecule has 7 aromatic carbocycles. The van der Waals surface area contributed by atoms with Crippen LogP contribution in [0.2, 0.25) is 0 Å². The van der Waals surface area contributed by atoms with Gasteiger partial charge in [0.15, 0.2) is 0 Å². The van der Waals surface area contributed by atoms with Gasteiger partial charge in [-0.05, 0) is 126 Å². The van der Waals surface area contributed by atoms with E-state index in [-0.39, 0.29) is 10.8 Å². The molecule has 1 atom stereocenters. The number of hydrogen-bond acceptors (Lipinski definition) is 1. The molecule has 0 heterocycles. The Bertz CT molecular complexity index is 2870. The van der Waals surface area contributed by atoms with Gasteiger partial charge in [-0.3, -0.25) is 0 Å². The Balaban J connectivity index is 1.15. The maximum atomic E-state index is 2.59. The van der Waals surface area contributed by atoms with E-state index in [9.17, 15) is 0 Å². The highest BCUT2D eigenvalue weighted by molar-refractivity contribution is 6.01. The predicted molar refractivity (Wildman–Crippen MR) is 233 cm³/mol. The van der Waals surface area contributed by atoms with E-state index in [0.717, 1.165) is 6.42 Å². The number of rotatable bonds is 3. The summed E-state index contributed by atoms with van der Waals surface area (Å²) in [7, 11) is 0. The van der Waals surface area contributed by atoms with Crippen LogP contribution in [0.5, 0.6) is 0 Å². The molecule has 0 radical (unpaired) electrons. The van der Waals surface area contributed by atoms with Crippen LogP contribution in [0.4, 0.5) is 17.1 Å². The fourth-order valence-electron chi connectivity index (χ4n) is 11.8. The Morgan fingerprint density at radius 2 is 0.982 bits per heavy atom. The minimum Gasteiger partial charge on any atom is -0.310 e. The zero-order valence-corrected chi connectivity index (χ0v) is 32.4. The van der Waals surface area contributed by atoms with E-state index in [2.05, 4.69) is 202 Å². The highest BCUT2D eigenvalue weighted by atomic mass is 15.1. The van der Waals surface area contributed by atoms with Gasteiger partial charge in [-0.25, -0.2) is 0 Å². The minimum absolute atomic E-state index is 0.0156. The lowest BCUT2D eigenvalue weighted by atomic mass is 9.70. The molecule has 12 rings (SSSR count). The molecule has 1 nitrogen and oxygen atoms in total. The molecule has 268 valence electrons. The Morgan fingerprint density at radius 1 is 0.464 bits per heavy atom. The van der Waals surface area contributed by atoms with Gasteiger partial charge in [-0.15, -0.1) is 0 Å². The molecule has 0 aliphatic heterocycles. The average Bonchev–Trinajstić information content (AvgIpc) is 3.87. The largest absolute Gasteiger partial charge is 0.310 e. The van der Waals surface area contributed by atoms with Gasteiger partial charge >= 0.3 is 0 Å². The summed E-state index contributed by atoms with van der Waals surface area (Å²) in [5, 5.41) is 0. The first kappa shape index (κ1) is 32.1. The minimum atomic E-state index is -0.405. The second-order valence-electron chi connectivity index (χ2n) is 17.6. The fraction of sp³-hybridized carbons (Fsp3) is 0.164. The number of anilines is 3. The van der Waals surface area contributed by atoms with Gasteiger partial charge < -0.3 is 4.90 Å². The van der Waals surface area contributed by atoms with E-state index >= 15 is 0 Å². The van der Waals surface area contributed by atoms with Gasteiger partial charge in [-0.1, -0.05) is 167 Å². The lowest BCUT2D eigenvalue weighted by molar-refractivity contribution is 0.415. The summed E-state index contributed by atoms with van der Waals surface area (Å²) >= 11 is 0. The Morgan fingerprint density at radius 3 is 1.66 bits per heavy atom. The lowest BCUT2D eigenvalue weighted by Gasteiger charge is -2.33. The summed E-state index contributed by atoms with van der Waals surface area (Å²) in [6.07, 6.45) is 8.04. The zero-order chi connectivity index (χ0) is 37.6. The molecule has 1 spiro atoms. The van der Waals surface area contributed by atoms with Crippen LogP contribution in [0.3, 0.4) is 0 Å². The molecule has 0 N–H and O–H groups in total. The standard InChI is InChI=1S/C55H43N/c1-53(2)43-21-10-5-16-36(43)40-30-28-34(32-49(40)53)56(35-29-31-41-37-17-6-11-22-44(37)54(3,4)50(41)33-35)51-27-15-26-48-52(51)42-20-9-14-25-47(42)55(48)45-23-12-7-18-38(45)39-19-8-13-24-46(39)55/h5-21,23-33,44H,22H2,1-4H3. The van der Waals surface area contributed by atoms with Crippen LogP contribution in [-0.4, -0.2) is 0 Å². The molecule has 7 aromatic rings. The van der Waals surface area contributed by atoms with Crippen LogP contribution >= 0.6 is 0 Å². The third-order valence-electron chi connectivity index (χ3n) is 14.4. The van der Waals surface area contributed by atoms with Crippen molar-refractivity contribution in [1.29, 1.82) is 0 Å². The van der Waals surface area contributed by atoms with Gasteiger partial charge in [0.05, 0.1) is 11.1 Å². The molecule has 0 fully saturated rings. The van der Waals surface area contributed by atoms with Crippen molar-refractivity contribution < 1.29 is 0 Å². The van der Waals surface area contributed by atoms with Crippen LogP contribution < -0.4 is 4.90 Å². The van der Waals surface area contributed by atoms with Crippen molar-refractivity contribution in [2.45, 2.75) is 50.4 Å². The second kappa shape index (κ2) is 11.0. The number of benzene rings is 7. The Labute approximate surface area is 330 Å². The van der Waals surface area contributed by atoms with Gasteiger partial charge in [0.2, 0.25) is 0 Å². The molecule has 0 bridgehead atoms. The van der Waals surface area contributed by atoms with E-state index in [4.69, 9.17) is 0 Å². The molecule has 1 heteroatoms. The highest BCUT2D eigenvalue weighted by Gasteiger charge is 2.52.